The van der Waals surface area contributed by atoms with E-state index in [4.69, 9.17) is 0 Å². The molecule has 0 saturated carbocycles. The van der Waals surface area contributed by atoms with Crippen LogP contribution in [-0.2, 0) is 0 Å². The lowest BCUT2D eigenvalue weighted by atomic mass is 10.0. The highest BCUT2D eigenvalue weighted by atomic mass is 16.1. The van der Waals surface area contributed by atoms with Crippen molar-refractivity contribution in [2.45, 2.75) is 20.8 Å². The highest BCUT2D eigenvalue weighted by Gasteiger charge is 2.12. The van der Waals surface area contributed by atoms with Crippen molar-refractivity contribution >= 4 is 17.3 Å². The zero-order valence-electron chi connectivity index (χ0n) is 14.5. The molecule has 0 aliphatic heterocycles. The fraction of sp³-hybridized carbons (Fsp3) is 0.238. The maximum atomic E-state index is 12.7. The average Bonchev–Trinajstić information content (AvgIpc) is 2.62. The fourth-order valence-corrected chi connectivity index (χ4v) is 2.61. The van der Waals surface area contributed by atoms with Gasteiger partial charge < -0.3 is 4.90 Å². The lowest BCUT2D eigenvalue weighted by Gasteiger charge is -2.24. The highest BCUT2D eigenvalue weighted by molar-refractivity contribution is 6.08. The Kier molecular flexibility index (Phi) is 6.07. The normalized spacial score (nSPS) is 11.2. The summed E-state index contributed by atoms with van der Waals surface area (Å²) in [4.78, 5) is 26.2. The van der Waals surface area contributed by atoms with Crippen LogP contribution >= 0.6 is 0 Å². The molecule has 0 spiro atoms. The number of Topliss-reactive ketones (excluding diaryl/α,β-unsaturated/α-hetero) is 1. The van der Waals surface area contributed by atoms with Crippen LogP contribution in [0.25, 0.3) is 5.70 Å². The molecule has 2 aromatic carbocycles. The number of benzene rings is 2. The van der Waals surface area contributed by atoms with E-state index >= 15 is 0 Å². The van der Waals surface area contributed by atoms with Crippen LogP contribution in [0.5, 0.6) is 0 Å². The van der Waals surface area contributed by atoms with E-state index in [9.17, 15) is 9.59 Å². The molecule has 0 aromatic heterocycles. The molecule has 24 heavy (non-hydrogen) atoms. The molecule has 0 aliphatic rings. The predicted octanol–water partition coefficient (Wildman–Crippen LogP) is 4.45. The third-order valence-electron chi connectivity index (χ3n) is 4.02. The standard InChI is InChI=1S/C21H23NO2/c1-4-22(5-2)20(18-9-7-6-8-10-18)15-21(24)19-13-11-17(12-14-19)16(3)23/h6-15H,4-5H2,1-3H3/b20-15-. The SMILES string of the molecule is CCN(CC)/C(=C\C(=O)c1ccc(C(C)=O)cc1)c1ccccc1. The van der Waals surface area contributed by atoms with Crippen LogP contribution in [0.15, 0.2) is 60.7 Å². The first-order valence-corrected chi connectivity index (χ1v) is 8.24. The maximum absolute atomic E-state index is 12.7. The second-order valence-corrected chi connectivity index (χ2v) is 5.57. The van der Waals surface area contributed by atoms with Crippen molar-refractivity contribution in [2.24, 2.45) is 0 Å². The number of hydrogen-bond donors (Lipinski definition) is 0. The highest BCUT2D eigenvalue weighted by Crippen LogP contribution is 2.20. The Hall–Kier alpha value is -2.68. The molecule has 0 saturated heterocycles. The van der Waals surface area contributed by atoms with Gasteiger partial charge in [-0.25, -0.2) is 0 Å². The minimum absolute atomic E-state index is 0.00217. The second kappa shape index (κ2) is 8.25. The number of carbonyl (C=O) groups excluding carboxylic acids is 2. The summed E-state index contributed by atoms with van der Waals surface area (Å²) >= 11 is 0. The molecule has 3 nitrogen and oxygen atoms in total. The van der Waals surface area contributed by atoms with Gasteiger partial charge in [-0.05, 0) is 26.3 Å². The molecule has 0 bridgehead atoms. The summed E-state index contributed by atoms with van der Waals surface area (Å²) < 4.78 is 0. The average molecular weight is 321 g/mol. The Morgan fingerprint density at radius 3 is 1.88 bits per heavy atom. The van der Waals surface area contributed by atoms with Gasteiger partial charge in [-0.2, -0.15) is 0 Å². The quantitative estimate of drug-likeness (QED) is 0.558. The van der Waals surface area contributed by atoms with E-state index in [2.05, 4.69) is 18.7 Å². The lowest BCUT2D eigenvalue weighted by Crippen LogP contribution is -2.22. The molecular weight excluding hydrogens is 298 g/mol. The van der Waals surface area contributed by atoms with E-state index in [1.807, 2.05) is 30.3 Å². The molecule has 2 rings (SSSR count). The Morgan fingerprint density at radius 2 is 1.38 bits per heavy atom. The molecule has 0 aliphatic carbocycles. The third kappa shape index (κ3) is 4.19. The van der Waals surface area contributed by atoms with E-state index in [0.29, 0.717) is 11.1 Å². The van der Waals surface area contributed by atoms with Crippen molar-refractivity contribution in [2.75, 3.05) is 13.1 Å². The molecule has 2 aromatic rings. The van der Waals surface area contributed by atoms with Crippen molar-refractivity contribution < 1.29 is 9.59 Å². The van der Waals surface area contributed by atoms with Crippen LogP contribution < -0.4 is 0 Å². The lowest BCUT2D eigenvalue weighted by molar-refractivity contribution is 0.101. The van der Waals surface area contributed by atoms with Gasteiger partial charge in [0.05, 0.1) is 0 Å². The molecule has 0 heterocycles. The summed E-state index contributed by atoms with van der Waals surface area (Å²) in [6.45, 7) is 7.32. The third-order valence-corrected chi connectivity index (χ3v) is 4.02. The van der Waals surface area contributed by atoms with Gasteiger partial charge in [-0.15, -0.1) is 0 Å². The van der Waals surface area contributed by atoms with E-state index in [0.717, 1.165) is 24.4 Å². The van der Waals surface area contributed by atoms with Gasteiger partial charge in [0.1, 0.15) is 0 Å². The summed E-state index contributed by atoms with van der Waals surface area (Å²) in [6.07, 6.45) is 1.69. The molecule has 0 atom stereocenters. The first-order valence-electron chi connectivity index (χ1n) is 8.24. The largest absolute Gasteiger partial charge is 0.371 e. The number of allylic oxidation sites excluding steroid dienone is 1. The first kappa shape index (κ1) is 17.7. The molecule has 0 N–H and O–H groups in total. The van der Waals surface area contributed by atoms with Crippen LogP contribution in [0.4, 0.5) is 0 Å². The van der Waals surface area contributed by atoms with Gasteiger partial charge >= 0.3 is 0 Å². The van der Waals surface area contributed by atoms with Crippen LogP contribution in [0.1, 0.15) is 47.1 Å². The molecule has 0 amide bonds. The zero-order chi connectivity index (χ0) is 17.5. The van der Waals surface area contributed by atoms with Crippen molar-refractivity contribution in [1.29, 1.82) is 0 Å². The minimum atomic E-state index is -0.0594. The van der Waals surface area contributed by atoms with Crippen LogP contribution in [0.3, 0.4) is 0 Å². The molecule has 0 radical (unpaired) electrons. The molecule has 3 heteroatoms. The smallest absolute Gasteiger partial charge is 0.187 e. The summed E-state index contributed by atoms with van der Waals surface area (Å²) in [7, 11) is 0. The number of rotatable bonds is 7. The van der Waals surface area contributed by atoms with Gasteiger partial charge in [0, 0.05) is 36.0 Å². The summed E-state index contributed by atoms with van der Waals surface area (Å²) in [6, 6.07) is 16.7. The number of ketones is 2. The van der Waals surface area contributed by atoms with Gasteiger partial charge in [0.25, 0.3) is 0 Å². The maximum Gasteiger partial charge on any atom is 0.187 e. The van der Waals surface area contributed by atoms with Crippen LogP contribution in [-0.4, -0.2) is 29.6 Å². The van der Waals surface area contributed by atoms with E-state index in [1.54, 1.807) is 30.3 Å². The topological polar surface area (TPSA) is 37.4 Å². The Morgan fingerprint density at radius 1 is 0.833 bits per heavy atom. The molecule has 0 unspecified atom stereocenters. The number of carbonyl (C=O) groups is 2. The van der Waals surface area contributed by atoms with Crippen molar-refractivity contribution in [3.05, 3.63) is 77.4 Å². The Labute approximate surface area is 143 Å². The monoisotopic (exact) mass is 321 g/mol. The summed E-state index contributed by atoms with van der Waals surface area (Å²) in [5, 5.41) is 0. The van der Waals surface area contributed by atoms with Gasteiger partial charge in [0.2, 0.25) is 0 Å². The van der Waals surface area contributed by atoms with Crippen LogP contribution in [0, 0.1) is 0 Å². The van der Waals surface area contributed by atoms with Gasteiger partial charge in [-0.1, -0.05) is 54.6 Å². The van der Waals surface area contributed by atoms with E-state index in [-0.39, 0.29) is 11.6 Å². The summed E-state index contributed by atoms with van der Waals surface area (Å²) in [5.74, 6) is -0.0616. The van der Waals surface area contributed by atoms with Crippen LogP contribution in [0.2, 0.25) is 0 Å². The Balaban J connectivity index is 2.38. The summed E-state index contributed by atoms with van der Waals surface area (Å²) in [5.41, 5.74) is 3.14. The van der Waals surface area contributed by atoms with Crippen molar-refractivity contribution in [1.82, 2.24) is 4.90 Å². The zero-order valence-corrected chi connectivity index (χ0v) is 14.5. The van der Waals surface area contributed by atoms with Crippen molar-refractivity contribution in [3.8, 4) is 0 Å². The Bertz CT molecular complexity index is 726. The first-order chi connectivity index (χ1) is 11.6. The predicted molar refractivity (Wildman–Crippen MR) is 98.1 cm³/mol. The minimum Gasteiger partial charge on any atom is -0.371 e. The molecule has 0 fully saturated rings. The molecular formula is C21H23NO2. The number of nitrogens with zero attached hydrogens (tertiary/aromatic N) is 1. The van der Waals surface area contributed by atoms with Gasteiger partial charge in [-0.3, -0.25) is 9.59 Å². The van der Waals surface area contributed by atoms with Crippen molar-refractivity contribution in [3.63, 3.8) is 0 Å². The van der Waals surface area contributed by atoms with E-state index < -0.39 is 0 Å². The second-order valence-electron chi connectivity index (χ2n) is 5.57. The fourth-order valence-electron chi connectivity index (χ4n) is 2.61. The molecule has 124 valence electrons. The number of hydrogen-bond acceptors (Lipinski definition) is 3. The van der Waals surface area contributed by atoms with E-state index in [1.165, 1.54) is 6.92 Å². The van der Waals surface area contributed by atoms with Gasteiger partial charge in [0.15, 0.2) is 11.6 Å².